The molecule has 0 spiro atoms. The molecule has 22 heavy (non-hydrogen) atoms. The Morgan fingerprint density at radius 1 is 0.955 bits per heavy atom. The van der Waals surface area contributed by atoms with E-state index < -0.39 is 7.60 Å². The van der Waals surface area contributed by atoms with E-state index in [1.807, 2.05) is 26.0 Å². The van der Waals surface area contributed by atoms with Crippen LogP contribution in [0.1, 0.15) is 57.2 Å². The van der Waals surface area contributed by atoms with E-state index in [1.165, 1.54) is 0 Å². The number of hydrogen-bond acceptors (Lipinski definition) is 4. The molecule has 0 unspecified atom stereocenters. The molecule has 0 saturated carbocycles. The van der Waals surface area contributed by atoms with E-state index in [9.17, 15) is 9.67 Å². The zero-order valence-electron chi connectivity index (χ0n) is 14.2. The van der Waals surface area contributed by atoms with Crippen LogP contribution in [0, 0.1) is 0 Å². The third-order valence-corrected chi connectivity index (χ3v) is 5.45. The van der Waals surface area contributed by atoms with Crippen molar-refractivity contribution in [2.24, 2.45) is 0 Å². The van der Waals surface area contributed by atoms with Gasteiger partial charge in [0.15, 0.2) is 0 Å². The second-order valence-electron chi connectivity index (χ2n) is 5.37. The van der Waals surface area contributed by atoms with Crippen molar-refractivity contribution in [3.63, 3.8) is 0 Å². The van der Waals surface area contributed by atoms with Crippen molar-refractivity contribution in [3.8, 4) is 5.75 Å². The normalized spacial score (nSPS) is 11.8. The van der Waals surface area contributed by atoms with Crippen LogP contribution in [0.2, 0.25) is 0 Å². The van der Waals surface area contributed by atoms with E-state index >= 15 is 0 Å². The Bertz CT molecular complexity index is 476. The van der Waals surface area contributed by atoms with Gasteiger partial charge in [-0.25, -0.2) is 0 Å². The quantitative estimate of drug-likeness (QED) is 0.610. The molecular formula is C17H29O4P. The summed E-state index contributed by atoms with van der Waals surface area (Å²) in [5.41, 5.74) is 2.75. The number of phenols is 1. The zero-order valence-corrected chi connectivity index (χ0v) is 15.1. The maximum Gasteiger partial charge on any atom is 0.335 e. The van der Waals surface area contributed by atoms with Gasteiger partial charge in [-0.15, -0.1) is 0 Å². The van der Waals surface area contributed by atoms with Crippen LogP contribution in [0.15, 0.2) is 12.1 Å². The minimum atomic E-state index is -3.12. The third kappa shape index (κ3) is 5.42. The topological polar surface area (TPSA) is 55.8 Å². The van der Waals surface area contributed by atoms with Crippen molar-refractivity contribution in [2.75, 3.05) is 13.2 Å². The number of aryl methyl sites for hydroxylation is 2. The average molecular weight is 328 g/mol. The first kappa shape index (κ1) is 19.2. The Balaban J connectivity index is 3.14. The first-order valence-electron chi connectivity index (χ1n) is 8.21. The molecule has 1 rings (SSSR count). The summed E-state index contributed by atoms with van der Waals surface area (Å²) >= 11 is 0. The first-order chi connectivity index (χ1) is 10.5. The standard InChI is InChI=1S/C17H29O4P/c1-5-9-15-11-14(12-16(10-6-2)17(15)18)13-22(19,20-7-3)21-8-4/h11-12,18H,5-10,13H2,1-4H3. The number of phenolic OH excluding ortho intramolecular Hbond substituents is 1. The fourth-order valence-corrected chi connectivity index (χ4v) is 4.26. The second kappa shape index (κ2) is 9.34. The van der Waals surface area contributed by atoms with Gasteiger partial charge in [-0.2, -0.15) is 0 Å². The van der Waals surface area contributed by atoms with Gasteiger partial charge < -0.3 is 14.2 Å². The maximum atomic E-state index is 12.7. The molecule has 5 heteroatoms. The van der Waals surface area contributed by atoms with Gasteiger partial charge >= 0.3 is 7.60 Å². The molecule has 0 saturated heterocycles. The van der Waals surface area contributed by atoms with Crippen molar-refractivity contribution in [2.45, 2.75) is 59.5 Å². The molecule has 0 heterocycles. The SMILES string of the molecule is CCCc1cc(CP(=O)(OCC)OCC)cc(CCC)c1O. The summed E-state index contributed by atoms with van der Waals surface area (Å²) in [6.07, 6.45) is 3.78. The van der Waals surface area contributed by atoms with Crippen molar-refractivity contribution < 1.29 is 18.7 Å². The summed E-state index contributed by atoms with van der Waals surface area (Å²) in [6.45, 7) is 8.51. The fourth-order valence-electron chi connectivity index (χ4n) is 2.59. The number of aromatic hydroxyl groups is 1. The van der Waals surface area contributed by atoms with Crippen LogP contribution in [0.25, 0.3) is 0 Å². The highest BCUT2D eigenvalue weighted by atomic mass is 31.2. The Labute approximate surface area is 134 Å². The minimum Gasteiger partial charge on any atom is -0.507 e. The van der Waals surface area contributed by atoms with Gasteiger partial charge in [-0.05, 0) is 43.4 Å². The smallest absolute Gasteiger partial charge is 0.335 e. The lowest BCUT2D eigenvalue weighted by Gasteiger charge is -2.19. The lowest BCUT2D eigenvalue weighted by molar-refractivity contribution is 0.219. The van der Waals surface area contributed by atoms with Crippen molar-refractivity contribution in [3.05, 3.63) is 28.8 Å². The van der Waals surface area contributed by atoms with Gasteiger partial charge in [0.1, 0.15) is 5.75 Å². The molecule has 0 radical (unpaired) electrons. The van der Waals surface area contributed by atoms with Crippen LogP contribution in [0.5, 0.6) is 5.75 Å². The highest BCUT2D eigenvalue weighted by Gasteiger charge is 2.25. The fraction of sp³-hybridized carbons (Fsp3) is 0.647. The predicted octanol–water partition coefficient (Wildman–Crippen LogP) is 5.06. The monoisotopic (exact) mass is 328 g/mol. The summed E-state index contributed by atoms with van der Waals surface area (Å²) in [4.78, 5) is 0. The molecule has 1 N–H and O–H groups in total. The number of benzene rings is 1. The molecule has 1 aromatic carbocycles. The molecule has 0 bridgehead atoms. The summed E-state index contributed by atoms with van der Waals surface area (Å²) in [6, 6.07) is 3.87. The Morgan fingerprint density at radius 3 is 1.77 bits per heavy atom. The van der Waals surface area contributed by atoms with Crippen LogP contribution >= 0.6 is 7.60 Å². The van der Waals surface area contributed by atoms with Gasteiger partial charge in [0.05, 0.1) is 19.4 Å². The molecular weight excluding hydrogens is 299 g/mol. The molecule has 0 aliphatic rings. The van der Waals surface area contributed by atoms with Crippen LogP contribution in [-0.4, -0.2) is 18.3 Å². The molecule has 4 nitrogen and oxygen atoms in total. The van der Waals surface area contributed by atoms with Gasteiger partial charge in [0.25, 0.3) is 0 Å². The molecule has 0 amide bonds. The summed E-state index contributed by atoms with van der Waals surface area (Å²) < 4.78 is 23.4. The molecule has 0 aliphatic heterocycles. The number of rotatable bonds is 10. The van der Waals surface area contributed by atoms with Crippen LogP contribution in [-0.2, 0) is 32.6 Å². The molecule has 0 fully saturated rings. The van der Waals surface area contributed by atoms with Crippen LogP contribution < -0.4 is 0 Å². The first-order valence-corrected chi connectivity index (χ1v) is 9.94. The molecule has 126 valence electrons. The highest BCUT2D eigenvalue weighted by molar-refractivity contribution is 7.53. The molecule has 0 aliphatic carbocycles. The zero-order chi connectivity index (χ0) is 16.6. The van der Waals surface area contributed by atoms with Gasteiger partial charge in [0.2, 0.25) is 0 Å². The van der Waals surface area contributed by atoms with Crippen LogP contribution in [0.4, 0.5) is 0 Å². The summed E-state index contributed by atoms with van der Waals surface area (Å²) in [5.74, 6) is 0.384. The van der Waals surface area contributed by atoms with E-state index in [1.54, 1.807) is 0 Å². The Hall–Kier alpha value is -0.830. The lowest BCUT2D eigenvalue weighted by Crippen LogP contribution is -2.01. The van der Waals surface area contributed by atoms with Crippen molar-refractivity contribution in [1.82, 2.24) is 0 Å². The third-order valence-electron chi connectivity index (χ3n) is 3.39. The largest absolute Gasteiger partial charge is 0.507 e. The van der Waals surface area contributed by atoms with E-state index in [2.05, 4.69) is 13.8 Å². The van der Waals surface area contributed by atoms with Crippen molar-refractivity contribution >= 4 is 7.60 Å². The van der Waals surface area contributed by atoms with Crippen LogP contribution in [0.3, 0.4) is 0 Å². The van der Waals surface area contributed by atoms with E-state index in [-0.39, 0.29) is 6.16 Å². The average Bonchev–Trinajstić information content (AvgIpc) is 2.44. The summed E-state index contributed by atoms with van der Waals surface area (Å²) in [5, 5.41) is 10.3. The summed E-state index contributed by atoms with van der Waals surface area (Å²) in [7, 11) is -3.12. The van der Waals surface area contributed by atoms with E-state index in [4.69, 9.17) is 9.05 Å². The molecule has 0 aromatic heterocycles. The lowest BCUT2D eigenvalue weighted by atomic mass is 9.99. The van der Waals surface area contributed by atoms with Crippen molar-refractivity contribution in [1.29, 1.82) is 0 Å². The number of hydrogen-bond donors (Lipinski definition) is 1. The Kier molecular flexibility index (Phi) is 8.16. The molecule has 1 aromatic rings. The second-order valence-corrected chi connectivity index (χ2v) is 7.42. The Morgan fingerprint density at radius 2 is 1.41 bits per heavy atom. The minimum absolute atomic E-state index is 0.252. The van der Waals surface area contributed by atoms with Gasteiger partial charge in [0, 0.05) is 0 Å². The van der Waals surface area contributed by atoms with Gasteiger partial charge in [-0.1, -0.05) is 38.8 Å². The van der Waals surface area contributed by atoms with E-state index in [0.717, 1.165) is 42.4 Å². The molecule has 0 atom stereocenters. The predicted molar refractivity (Wildman–Crippen MR) is 90.7 cm³/mol. The van der Waals surface area contributed by atoms with Gasteiger partial charge in [-0.3, -0.25) is 4.57 Å². The highest BCUT2D eigenvalue weighted by Crippen LogP contribution is 2.51. The van der Waals surface area contributed by atoms with E-state index in [0.29, 0.717) is 19.0 Å². The maximum absolute atomic E-state index is 12.7.